The lowest BCUT2D eigenvalue weighted by molar-refractivity contribution is 0.0899. The summed E-state index contributed by atoms with van der Waals surface area (Å²) in [6.45, 7) is 13.0. The summed E-state index contributed by atoms with van der Waals surface area (Å²) < 4.78 is 5.91. The zero-order valence-corrected chi connectivity index (χ0v) is 12.2. The van der Waals surface area contributed by atoms with Crippen molar-refractivity contribution in [3.63, 3.8) is 0 Å². The molecule has 0 aromatic heterocycles. The second-order valence-corrected chi connectivity index (χ2v) is 6.23. The van der Waals surface area contributed by atoms with Gasteiger partial charge in [0, 0.05) is 6.04 Å². The third-order valence-corrected chi connectivity index (χ3v) is 3.95. The molecule has 2 nitrogen and oxygen atoms in total. The van der Waals surface area contributed by atoms with E-state index >= 15 is 0 Å². The summed E-state index contributed by atoms with van der Waals surface area (Å²) in [4.78, 5) is 2.36. The molecule has 1 aromatic carbocycles. The molecule has 1 aliphatic rings. The third kappa shape index (κ3) is 2.60. The van der Waals surface area contributed by atoms with E-state index in [1.807, 2.05) is 0 Å². The zero-order chi connectivity index (χ0) is 13.3. The molecule has 0 spiro atoms. The summed E-state index contributed by atoms with van der Waals surface area (Å²) in [5.74, 6) is 0. The normalized spacial score (nSPS) is 25.6. The number of benzene rings is 1. The molecule has 1 saturated heterocycles. The highest BCUT2D eigenvalue weighted by molar-refractivity contribution is 5.29. The van der Waals surface area contributed by atoms with Crippen molar-refractivity contribution in [3.8, 4) is 0 Å². The largest absolute Gasteiger partial charge is 0.357 e. The molecule has 18 heavy (non-hydrogen) atoms. The predicted octanol–water partition coefficient (Wildman–Crippen LogP) is 3.72. The van der Waals surface area contributed by atoms with Gasteiger partial charge >= 0.3 is 0 Å². The van der Waals surface area contributed by atoms with Gasteiger partial charge in [0.2, 0.25) is 0 Å². The first-order valence-corrected chi connectivity index (χ1v) is 6.89. The molecule has 100 valence electrons. The Morgan fingerprint density at radius 1 is 1.22 bits per heavy atom. The lowest BCUT2D eigenvalue weighted by atomic mass is 9.86. The van der Waals surface area contributed by atoms with Crippen LogP contribution in [0, 0.1) is 0 Å². The predicted molar refractivity (Wildman–Crippen MR) is 75.7 cm³/mol. The first kappa shape index (κ1) is 13.6. The second kappa shape index (κ2) is 5.02. The summed E-state index contributed by atoms with van der Waals surface area (Å²) in [5.41, 5.74) is 2.89. The summed E-state index contributed by atoms with van der Waals surface area (Å²) in [6, 6.07) is 9.39. The molecule has 1 fully saturated rings. The van der Waals surface area contributed by atoms with Crippen LogP contribution in [0.25, 0.3) is 0 Å². The van der Waals surface area contributed by atoms with E-state index in [2.05, 4.69) is 63.8 Å². The van der Waals surface area contributed by atoms with Gasteiger partial charge in [-0.05, 0) is 30.0 Å². The van der Waals surface area contributed by atoms with Crippen molar-refractivity contribution in [2.75, 3.05) is 13.3 Å². The van der Waals surface area contributed by atoms with Gasteiger partial charge in [-0.3, -0.25) is 4.90 Å². The van der Waals surface area contributed by atoms with E-state index in [-0.39, 0.29) is 11.5 Å². The molecule has 0 amide bonds. The van der Waals surface area contributed by atoms with E-state index in [0.717, 1.165) is 13.3 Å². The van der Waals surface area contributed by atoms with Crippen LogP contribution in [-0.4, -0.2) is 24.2 Å². The Balaban J connectivity index is 2.16. The standard InChI is InChI=1S/C16H25NO/c1-6-17-11-18-15(12(17)2)13-7-9-14(10-8-13)16(3,4)5/h7-10,12,15H,6,11H2,1-5H3/t12-,15+/m0/s1. The molecule has 1 heterocycles. The fourth-order valence-electron chi connectivity index (χ4n) is 2.55. The highest BCUT2D eigenvalue weighted by Gasteiger charge is 2.31. The van der Waals surface area contributed by atoms with Crippen LogP contribution < -0.4 is 0 Å². The van der Waals surface area contributed by atoms with E-state index in [9.17, 15) is 0 Å². The molecule has 1 aliphatic heterocycles. The van der Waals surface area contributed by atoms with Gasteiger partial charge in [-0.1, -0.05) is 52.0 Å². The molecular weight excluding hydrogens is 222 g/mol. The maximum atomic E-state index is 5.91. The van der Waals surface area contributed by atoms with Crippen LogP contribution in [0.5, 0.6) is 0 Å². The van der Waals surface area contributed by atoms with E-state index in [4.69, 9.17) is 4.74 Å². The van der Waals surface area contributed by atoms with Gasteiger partial charge in [0.25, 0.3) is 0 Å². The molecule has 2 heteroatoms. The Labute approximate surface area is 111 Å². The molecule has 0 bridgehead atoms. The van der Waals surface area contributed by atoms with E-state index in [1.54, 1.807) is 0 Å². The number of hydrogen-bond donors (Lipinski definition) is 0. The molecule has 0 aliphatic carbocycles. The number of nitrogens with zero attached hydrogens (tertiary/aromatic N) is 1. The average Bonchev–Trinajstić information content (AvgIpc) is 2.69. The minimum Gasteiger partial charge on any atom is -0.357 e. The molecule has 1 aromatic rings. The highest BCUT2D eigenvalue weighted by Crippen LogP contribution is 2.32. The molecule has 0 unspecified atom stereocenters. The van der Waals surface area contributed by atoms with Crippen LogP contribution in [-0.2, 0) is 10.2 Å². The third-order valence-electron chi connectivity index (χ3n) is 3.95. The monoisotopic (exact) mass is 247 g/mol. The topological polar surface area (TPSA) is 12.5 Å². The highest BCUT2D eigenvalue weighted by atomic mass is 16.5. The van der Waals surface area contributed by atoms with Gasteiger partial charge in [0.15, 0.2) is 0 Å². The van der Waals surface area contributed by atoms with Crippen molar-refractivity contribution >= 4 is 0 Å². The second-order valence-electron chi connectivity index (χ2n) is 6.23. The Bertz CT molecular complexity index is 391. The summed E-state index contributed by atoms with van der Waals surface area (Å²) in [6.07, 6.45) is 0.221. The molecule has 0 saturated carbocycles. The van der Waals surface area contributed by atoms with E-state index in [0.29, 0.717) is 6.04 Å². The van der Waals surface area contributed by atoms with Gasteiger partial charge in [-0.15, -0.1) is 0 Å². The van der Waals surface area contributed by atoms with Crippen LogP contribution in [0.1, 0.15) is 51.8 Å². The number of likely N-dealkylation sites (N-methyl/N-ethyl adjacent to an activating group) is 1. The summed E-state index contributed by atoms with van der Waals surface area (Å²) in [7, 11) is 0. The van der Waals surface area contributed by atoms with Crippen molar-refractivity contribution in [1.82, 2.24) is 4.90 Å². The van der Waals surface area contributed by atoms with E-state index in [1.165, 1.54) is 11.1 Å². The zero-order valence-electron chi connectivity index (χ0n) is 12.2. The average molecular weight is 247 g/mol. The van der Waals surface area contributed by atoms with Crippen LogP contribution >= 0.6 is 0 Å². The maximum Gasteiger partial charge on any atom is 0.100 e. The van der Waals surface area contributed by atoms with Crippen molar-refractivity contribution in [2.24, 2.45) is 0 Å². The molecule has 2 rings (SSSR count). The van der Waals surface area contributed by atoms with Gasteiger partial charge in [-0.25, -0.2) is 0 Å². The fraction of sp³-hybridized carbons (Fsp3) is 0.625. The van der Waals surface area contributed by atoms with E-state index < -0.39 is 0 Å². The Morgan fingerprint density at radius 3 is 2.28 bits per heavy atom. The molecule has 2 atom stereocenters. The first-order valence-electron chi connectivity index (χ1n) is 6.89. The van der Waals surface area contributed by atoms with Crippen molar-refractivity contribution < 1.29 is 4.74 Å². The smallest absolute Gasteiger partial charge is 0.100 e. The Kier molecular flexibility index (Phi) is 3.79. The molecule has 0 N–H and O–H groups in total. The Morgan fingerprint density at radius 2 is 1.83 bits per heavy atom. The summed E-state index contributed by atoms with van der Waals surface area (Å²) in [5, 5.41) is 0. The molecular formula is C16H25NO. The fourth-order valence-corrected chi connectivity index (χ4v) is 2.55. The lowest BCUT2D eigenvalue weighted by Crippen LogP contribution is -2.29. The van der Waals surface area contributed by atoms with Crippen molar-refractivity contribution in [3.05, 3.63) is 35.4 Å². The van der Waals surface area contributed by atoms with Crippen LogP contribution in [0.3, 0.4) is 0 Å². The van der Waals surface area contributed by atoms with Gasteiger partial charge in [-0.2, -0.15) is 0 Å². The van der Waals surface area contributed by atoms with Crippen LogP contribution in [0.15, 0.2) is 24.3 Å². The lowest BCUT2D eigenvalue weighted by Gasteiger charge is -2.22. The number of ether oxygens (including phenoxy) is 1. The summed E-state index contributed by atoms with van der Waals surface area (Å²) >= 11 is 0. The first-order chi connectivity index (χ1) is 8.43. The number of rotatable bonds is 2. The van der Waals surface area contributed by atoms with Crippen molar-refractivity contribution in [2.45, 2.75) is 52.2 Å². The van der Waals surface area contributed by atoms with Crippen LogP contribution in [0.2, 0.25) is 0 Å². The quantitative estimate of drug-likeness (QED) is 0.789. The SMILES string of the molecule is CCN1CO[C@@H](c2ccc(C(C)(C)C)cc2)[C@@H]1C. The Hall–Kier alpha value is -0.860. The van der Waals surface area contributed by atoms with Gasteiger partial charge in [0.05, 0.1) is 6.10 Å². The minimum absolute atomic E-state index is 0.218. The van der Waals surface area contributed by atoms with Gasteiger partial charge < -0.3 is 4.74 Å². The number of hydrogen-bond acceptors (Lipinski definition) is 2. The van der Waals surface area contributed by atoms with Gasteiger partial charge in [0.1, 0.15) is 6.73 Å². The van der Waals surface area contributed by atoms with Crippen LogP contribution in [0.4, 0.5) is 0 Å². The minimum atomic E-state index is 0.218. The molecule has 0 radical (unpaired) electrons. The maximum absolute atomic E-state index is 5.91. The van der Waals surface area contributed by atoms with Crippen molar-refractivity contribution in [1.29, 1.82) is 0 Å².